The van der Waals surface area contributed by atoms with Crippen LogP contribution in [0.3, 0.4) is 0 Å². The van der Waals surface area contributed by atoms with Gasteiger partial charge in [0.1, 0.15) is 6.04 Å². The molecule has 0 fully saturated rings. The Balaban J connectivity index is 0. The van der Waals surface area contributed by atoms with Gasteiger partial charge in [0, 0.05) is 0 Å². The van der Waals surface area contributed by atoms with Crippen molar-refractivity contribution in [2.45, 2.75) is 25.6 Å². The molecule has 0 saturated carbocycles. The maximum Gasteiger partial charge on any atom is 0.403 e. The first-order valence-electron chi connectivity index (χ1n) is 2.30. The third-order valence-corrected chi connectivity index (χ3v) is 0.860. The summed E-state index contributed by atoms with van der Waals surface area (Å²) >= 11 is 0. The Labute approximate surface area is 57.8 Å². The molecule has 0 aliphatic rings. The van der Waals surface area contributed by atoms with E-state index in [1.54, 1.807) is 0 Å². The highest BCUT2D eigenvalue weighted by Crippen LogP contribution is 2.19. The first kappa shape index (κ1) is 11.8. The lowest BCUT2D eigenvalue weighted by molar-refractivity contribution is -0.147. The zero-order valence-corrected chi connectivity index (χ0v) is 5.72. The zero-order valence-electron chi connectivity index (χ0n) is 4.90. The van der Waals surface area contributed by atoms with Crippen LogP contribution in [0.15, 0.2) is 0 Å². The van der Waals surface area contributed by atoms with Gasteiger partial charge in [-0.15, -0.1) is 12.4 Å². The molecule has 0 heterocycles. The molecular weight excluding hydrogens is 154 g/mol. The van der Waals surface area contributed by atoms with E-state index in [0.717, 1.165) is 0 Å². The topological polar surface area (TPSA) is 26.0 Å². The van der Waals surface area contributed by atoms with Crippen LogP contribution in [0, 0.1) is 0 Å². The summed E-state index contributed by atoms with van der Waals surface area (Å²) in [6.07, 6.45) is -4.27. The summed E-state index contributed by atoms with van der Waals surface area (Å²) in [7, 11) is 0. The quantitative estimate of drug-likeness (QED) is 0.626. The van der Waals surface area contributed by atoms with Gasteiger partial charge < -0.3 is 5.73 Å². The summed E-state index contributed by atoms with van der Waals surface area (Å²) in [6.45, 7) is 1.40. The smallest absolute Gasteiger partial charge is 0.320 e. The first-order valence-corrected chi connectivity index (χ1v) is 2.30. The summed E-state index contributed by atoms with van der Waals surface area (Å²) < 4.78 is 34.0. The summed E-state index contributed by atoms with van der Waals surface area (Å²) in [5, 5.41) is 0. The van der Waals surface area contributed by atoms with E-state index in [-0.39, 0.29) is 18.8 Å². The van der Waals surface area contributed by atoms with Gasteiger partial charge in [0.05, 0.1) is 0 Å². The molecule has 9 heavy (non-hydrogen) atoms. The molecule has 1 nitrogen and oxygen atoms in total. The summed E-state index contributed by atoms with van der Waals surface area (Å²) in [5.41, 5.74) is 4.62. The summed E-state index contributed by atoms with van der Waals surface area (Å²) in [5.74, 6) is 0. The van der Waals surface area contributed by atoms with Gasteiger partial charge in [-0.05, 0) is 6.42 Å². The van der Waals surface area contributed by atoms with E-state index in [2.05, 4.69) is 5.73 Å². The van der Waals surface area contributed by atoms with E-state index in [0.29, 0.717) is 0 Å². The molecule has 0 bridgehead atoms. The van der Waals surface area contributed by atoms with Crippen molar-refractivity contribution in [3.63, 3.8) is 0 Å². The lowest BCUT2D eigenvalue weighted by Crippen LogP contribution is -2.36. The van der Waals surface area contributed by atoms with Crippen molar-refractivity contribution >= 4 is 12.4 Å². The van der Waals surface area contributed by atoms with Crippen LogP contribution in [0.4, 0.5) is 13.2 Å². The minimum Gasteiger partial charge on any atom is -0.320 e. The lowest BCUT2D eigenvalue weighted by Gasteiger charge is -2.11. The van der Waals surface area contributed by atoms with Crippen LogP contribution in [0.2, 0.25) is 0 Å². The molecule has 0 aromatic rings. The van der Waals surface area contributed by atoms with E-state index in [4.69, 9.17) is 0 Å². The summed E-state index contributed by atoms with van der Waals surface area (Å²) in [4.78, 5) is 0. The average Bonchev–Trinajstić information content (AvgIpc) is 1.62. The van der Waals surface area contributed by atoms with E-state index < -0.39 is 12.2 Å². The van der Waals surface area contributed by atoms with Crippen LogP contribution in [-0.4, -0.2) is 12.2 Å². The molecular formula is C4H9ClF3N. The maximum absolute atomic E-state index is 11.3. The van der Waals surface area contributed by atoms with Crippen LogP contribution < -0.4 is 5.73 Å². The Morgan fingerprint density at radius 3 is 1.78 bits per heavy atom. The highest BCUT2D eigenvalue weighted by Gasteiger charge is 2.34. The van der Waals surface area contributed by atoms with E-state index in [1.807, 2.05) is 0 Å². The Bertz CT molecular complexity index is 72.7. The maximum atomic E-state index is 11.3. The SMILES string of the molecule is CC[C@@H](N)C(F)(F)F.Cl. The number of alkyl halides is 3. The van der Waals surface area contributed by atoms with Crippen LogP contribution >= 0.6 is 12.4 Å². The fraction of sp³-hybridized carbons (Fsp3) is 1.00. The molecule has 5 heteroatoms. The van der Waals surface area contributed by atoms with Crippen LogP contribution in [0.25, 0.3) is 0 Å². The van der Waals surface area contributed by atoms with E-state index in [1.165, 1.54) is 6.92 Å². The van der Waals surface area contributed by atoms with Crippen LogP contribution in [0.1, 0.15) is 13.3 Å². The Morgan fingerprint density at radius 1 is 1.44 bits per heavy atom. The molecule has 0 aromatic heterocycles. The molecule has 0 unspecified atom stereocenters. The molecule has 0 saturated heterocycles. The fourth-order valence-corrected chi connectivity index (χ4v) is 0.231. The Kier molecular flexibility index (Phi) is 5.18. The molecule has 0 aliphatic carbocycles. The fourth-order valence-electron chi connectivity index (χ4n) is 0.231. The molecule has 0 rings (SSSR count). The molecule has 0 spiro atoms. The number of hydrogen-bond acceptors (Lipinski definition) is 1. The Hall–Kier alpha value is 0.0400. The third-order valence-electron chi connectivity index (χ3n) is 0.860. The minimum atomic E-state index is -4.21. The van der Waals surface area contributed by atoms with Gasteiger partial charge in [0.2, 0.25) is 0 Å². The van der Waals surface area contributed by atoms with Gasteiger partial charge in [0.25, 0.3) is 0 Å². The van der Waals surface area contributed by atoms with Gasteiger partial charge in [-0.25, -0.2) is 0 Å². The van der Waals surface area contributed by atoms with Crippen molar-refractivity contribution in [1.29, 1.82) is 0 Å². The second-order valence-electron chi connectivity index (χ2n) is 1.56. The first-order chi connectivity index (χ1) is 3.48. The van der Waals surface area contributed by atoms with Gasteiger partial charge >= 0.3 is 6.18 Å². The largest absolute Gasteiger partial charge is 0.403 e. The molecule has 0 amide bonds. The molecule has 0 radical (unpaired) electrons. The van der Waals surface area contributed by atoms with E-state index in [9.17, 15) is 13.2 Å². The highest BCUT2D eigenvalue weighted by atomic mass is 35.5. The van der Waals surface area contributed by atoms with Gasteiger partial charge in [-0.2, -0.15) is 13.2 Å². The van der Waals surface area contributed by atoms with Crippen LogP contribution in [0.5, 0.6) is 0 Å². The average molecular weight is 164 g/mol. The van der Waals surface area contributed by atoms with Gasteiger partial charge in [-0.3, -0.25) is 0 Å². The second-order valence-corrected chi connectivity index (χ2v) is 1.56. The third kappa shape index (κ3) is 4.54. The standard InChI is InChI=1S/C4H8F3N.ClH/c1-2-3(8)4(5,6)7;/h3H,2,8H2,1H3;1H/t3-;/m1./s1. The predicted octanol–water partition coefficient (Wildman–Crippen LogP) is 1.71. The van der Waals surface area contributed by atoms with E-state index >= 15 is 0 Å². The van der Waals surface area contributed by atoms with Crippen molar-refractivity contribution in [2.75, 3.05) is 0 Å². The number of nitrogens with two attached hydrogens (primary N) is 1. The van der Waals surface area contributed by atoms with Crippen molar-refractivity contribution in [3.05, 3.63) is 0 Å². The number of rotatable bonds is 1. The van der Waals surface area contributed by atoms with Crippen molar-refractivity contribution < 1.29 is 13.2 Å². The lowest BCUT2D eigenvalue weighted by atomic mass is 10.2. The monoisotopic (exact) mass is 163 g/mol. The van der Waals surface area contributed by atoms with Crippen molar-refractivity contribution in [1.82, 2.24) is 0 Å². The van der Waals surface area contributed by atoms with Gasteiger partial charge in [-0.1, -0.05) is 6.92 Å². The van der Waals surface area contributed by atoms with Crippen LogP contribution in [-0.2, 0) is 0 Å². The minimum absolute atomic E-state index is 0. The molecule has 0 aliphatic heterocycles. The molecule has 2 N–H and O–H groups in total. The number of hydrogen-bond donors (Lipinski definition) is 1. The molecule has 58 valence electrons. The predicted molar refractivity (Wildman–Crippen MR) is 31.6 cm³/mol. The molecule has 1 atom stereocenters. The highest BCUT2D eigenvalue weighted by molar-refractivity contribution is 5.85. The second kappa shape index (κ2) is 3.95. The Morgan fingerprint density at radius 2 is 1.78 bits per heavy atom. The molecule has 0 aromatic carbocycles. The summed E-state index contributed by atoms with van der Waals surface area (Å²) in [6, 6.07) is -1.65. The van der Waals surface area contributed by atoms with Gasteiger partial charge in [0.15, 0.2) is 0 Å². The van der Waals surface area contributed by atoms with Crippen molar-refractivity contribution in [2.24, 2.45) is 5.73 Å². The normalized spacial score (nSPS) is 14.3. The van der Waals surface area contributed by atoms with Crippen molar-refractivity contribution in [3.8, 4) is 0 Å². The number of halogens is 4. The zero-order chi connectivity index (χ0) is 6.78.